The Bertz CT molecular complexity index is 1190. The van der Waals surface area contributed by atoms with Gasteiger partial charge in [0.25, 0.3) is 0 Å². The average molecular weight is 692 g/mol. The van der Waals surface area contributed by atoms with Crippen molar-refractivity contribution in [2.75, 3.05) is 13.1 Å². The van der Waals surface area contributed by atoms with E-state index in [0.29, 0.717) is 51.5 Å². The van der Waals surface area contributed by atoms with E-state index in [2.05, 4.69) is 26.6 Å². The number of nitrogens with one attached hydrogen (secondary N) is 5. The van der Waals surface area contributed by atoms with Gasteiger partial charge in [-0.05, 0) is 120 Å². The SMILES string of the molecule is C[C@@H](Cc1ccccc1)NC(=O)[C@H](CCCCNC(=O)[C@H](CCCCNC(=O)OC(C)(C)C)NC(=O)OC(C)(C)C)NC(=O)OC(C)(C)C. The average Bonchev–Trinajstić information content (AvgIpc) is 2.93. The van der Waals surface area contributed by atoms with Gasteiger partial charge in [0.15, 0.2) is 0 Å². The van der Waals surface area contributed by atoms with Crippen molar-refractivity contribution >= 4 is 30.1 Å². The van der Waals surface area contributed by atoms with Gasteiger partial charge in [-0.25, -0.2) is 14.4 Å². The second-order valence-electron chi connectivity index (χ2n) is 15.2. The topological polar surface area (TPSA) is 173 Å². The number of ether oxygens (including phenoxy) is 3. The van der Waals surface area contributed by atoms with Gasteiger partial charge in [0.1, 0.15) is 28.9 Å². The third kappa shape index (κ3) is 22.3. The zero-order valence-corrected chi connectivity index (χ0v) is 31.2. The third-order valence-corrected chi connectivity index (χ3v) is 6.59. The van der Waals surface area contributed by atoms with Gasteiger partial charge in [0.05, 0.1) is 0 Å². The maximum absolute atomic E-state index is 13.2. The summed E-state index contributed by atoms with van der Waals surface area (Å²) in [7, 11) is 0. The van der Waals surface area contributed by atoms with Gasteiger partial charge in [0, 0.05) is 19.1 Å². The Kier molecular flexibility index (Phi) is 18.0. The Morgan fingerprint density at radius 1 is 0.571 bits per heavy atom. The van der Waals surface area contributed by atoms with Crippen molar-refractivity contribution in [3.05, 3.63) is 35.9 Å². The molecular formula is C36H61N5O8. The van der Waals surface area contributed by atoms with Gasteiger partial charge in [-0.15, -0.1) is 0 Å². The fraction of sp³-hybridized carbons (Fsp3) is 0.694. The van der Waals surface area contributed by atoms with Gasteiger partial charge < -0.3 is 40.8 Å². The molecule has 0 unspecified atom stereocenters. The lowest BCUT2D eigenvalue weighted by molar-refractivity contribution is -0.124. The smallest absolute Gasteiger partial charge is 0.408 e. The molecular weight excluding hydrogens is 630 g/mol. The van der Waals surface area contributed by atoms with E-state index in [0.717, 1.165) is 5.56 Å². The number of hydrogen-bond donors (Lipinski definition) is 5. The number of hydrogen-bond acceptors (Lipinski definition) is 8. The first-order chi connectivity index (χ1) is 22.6. The molecule has 5 N–H and O–H groups in total. The van der Waals surface area contributed by atoms with E-state index in [1.807, 2.05) is 37.3 Å². The number of rotatable bonds is 17. The van der Waals surface area contributed by atoms with Crippen LogP contribution in [0.3, 0.4) is 0 Å². The summed E-state index contributed by atoms with van der Waals surface area (Å²) in [4.78, 5) is 63.3. The predicted octanol–water partition coefficient (Wildman–Crippen LogP) is 5.50. The Labute approximate surface area is 292 Å². The van der Waals surface area contributed by atoms with Crippen molar-refractivity contribution in [3.63, 3.8) is 0 Å². The molecule has 0 saturated carbocycles. The van der Waals surface area contributed by atoms with Gasteiger partial charge in [-0.1, -0.05) is 30.3 Å². The van der Waals surface area contributed by atoms with Crippen LogP contribution in [-0.4, -0.2) is 78.1 Å². The zero-order chi connectivity index (χ0) is 37.3. The van der Waals surface area contributed by atoms with Crippen molar-refractivity contribution in [2.45, 2.75) is 149 Å². The van der Waals surface area contributed by atoms with Crippen LogP contribution in [0.25, 0.3) is 0 Å². The number of alkyl carbamates (subject to hydrolysis) is 3. The van der Waals surface area contributed by atoms with Crippen molar-refractivity contribution in [1.82, 2.24) is 26.6 Å². The van der Waals surface area contributed by atoms with E-state index >= 15 is 0 Å². The Morgan fingerprint density at radius 3 is 1.47 bits per heavy atom. The molecule has 5 amide bonds. The van der Waals surface area contributed by atoms with Crippen LogP contribution in [0, 0.1) is 0 Å². The molecule has 0 aliphatic heterocycles. The van der Waals surface area contributed by atoms with Crippen molar-refractivity contribution in [1.29, 1.82) is 0 Å². The first-order valence-electron chi connectivity index (χ1n) is 17.2. The minimum atomic E-state index is -0.852. The summed E-state index contributed by atoms with van der Waals surface area (Å²) in [6.07, 6.45) is 1.51. The highest BCUT2D eigenvalue weighted by atomic mass is 16.6. The molecule has 0 spiro atoms. The van der Waals surface area contributed by atoms with Gasteiger partial charge in [0.2, 0.25) is 11.8 Å². The molecule has 13 heteroatoms. The summed E-state index contributed by atoms with van der Waals surface area (Å²) in [6.45, 7) is 18.3. The minimum Gasteiger partial charge on any atom is -0.444 e. The monoisotopic (exact) mass is 691 g/mol. The van der Waals surface area contributed by atoms with E-state index in [9.17, 15) is 24.0 Å². The molecule has 0 fully saturated rings. The molecule has 1 rings (SSSR count). The third-order valence-electron chi connectivity index (χ3n) is 6.59. The molecule has 13 nitrogen and oxygen atoms in total. The van der Waals surface area contributed by atoms with Gasteiger partial charge >= 0.3 is 18.3 Å². The molecule has 0 heterocycles. The van der Waals surface area contributed by atoms with Crippen LogP contribution >= 0.6 is 0 Å². The Hall–Kier alpha value is -4.03. The summed E-state index contributed by atoms with van der Waals surface area (Å²) in [5.74, 6) is -0.692. The second kappa shape index (κ2) is 20.5. The molecule has 0 radical (unpaired) electrons. The molecule has 0 aliphatic carbocycles. The van der Waals surface area contributed by atoms with Crippen LogP contribution in [0.1, 0.15) is 113 Å². The summed E-state index contributed by atoms with van der Waals surface area (Å²) in [5, 5.41) is 13.9. The van der Waals surface area contributed by atoms with Gasteiger partial charge in [-0.2, -0.15) is 0 Å². The molecule has 0 bridgehead atoms. The van der Waals surface area contributed by atoms with Crippen LogP contribution in [0.4, 0.5) is 14.4 Å². The standard InChI is InChI=1S/C36H61N5O8/c1-25(24-26-18-12-11-13-19-26)39-30(43)28(41-33(46)49-36(8,9)10)21-14-16-22-37-29(42)27(40-32(45)48-35(5,6)7)20-15-17-23-38-31(44)47-34(2,3)4/h11-13,18-19,25,27-28H,14-17,20-24H2,1-10H3,(H,37,42)(H,38,44)(H,39,43)(H,40,45)(H,41,46)/t25-,27-,28-/m0/s1. The normalized spacial score (nSPS) is 13.6. The lowest BCUT2D eigenvalue weighted by Crippen LogP contribution is -2.50. The molecule has 1 aromatic rings. The molecule has 0 aliphatic rings. The lowest BCUT2D eigenvalue weighted by Gasteiger charge is -2.25. The summed E-state index contributed by atoms with van der Waals surface area (Å²) < 4.78 is 16.0. The van der Waals surface area contributed by atoms with Crippen LogP contribution < -0.4 is 26.6 Å². The fourth-order valence-corrected chi connectivity index (χ4v) is 4.59. The minimum absolute atomic E-state index is 0.167. The highest BCUT2D eigenvalue weighted by molar-refractivity contribution is 5.86. The number of amides is 5. The van der Waals surface area contributed by atoms with Crippen LogP contribution in [0.15, 0.2) is 30.3 Å². The predicted molar refractivity (Wildman–Crippen MR) is 189 cm³/mol. The quantitative estimate of drug-likeness (QED) is 0.105. The number of benzene rings is 1. The highest BCUT2D eigenvalue weighted by Crippen LogP contribution is 2.11. The van der Waals surface area contributed by atoms with Crippen molar-refractivity contribution in [2.24, 2.45) is 0 Å². The lowest BCUT2D eigenvalue weighted by atomic mass is 10.1. The number of unbranched alkanes of at least 4 members (excludes halogenated alkanes) is 2. The first-order valence-corrected chi connectivity index (χ1v) is 17.2. The van der Waals surface area contributed by atoms with Crippen LogP contribution in [0.5, 0.6) is 0 Å². The number of carbonyl (C=O) groups is 5. The molecule has 0 aromatic heterocycles. The van der Waals surface area contributed by atoms with E-state index in [1.54, 1.807) is 62.3 Å². The maximum Gasteiger partial charge on any atom is 0.408 e. The highest BCUT2D eigenvalue weighted by Gasteiger charge is 2.26. The largest absolute Gasteiger partial charge is 0.444 e. The zero-order valence-electron chi connectivity index (χ0n) is 31.2. The summed E-state index contributed by atoms with van der Waals surface area (Å²) >= 11 is 0. The van der Waals surface area contributed by atoms with Gasteiger partial charge in [-0.3, -0.25) is 9.59 Å². The van der Waals surface area contributed by atoms with Crippen molar-refractivity contribution < 1.29 is 38.2 Å². The molecule has 0 saturated heterocycles. The van der Waals surface area contributed by atoms with Crippen molar-refractivity contribution in [3.8, 4) is 0 Å². The first kappa shape index (κ1) is 43.0. The Morgan fingerprint density at radius 2 is 1.00 bits per heavy atom. The summed E-state index contributed by atoms with van der Waals surface area (Å²) in [6, 6.07) is 7.95. The molecule has 278 valence electrons. The molecule has 3 atom stereocenters. The van der Waals surface area contributed by atoms with E-state index in [4.69, 9.17) is 14.2 Å². The van der Waals surface area contributed by atoms with Crippen LogP contribution in [-0.2, 0) is 30.2 Å². The molecule has 1 aromatic carbocycles. The second-order valence-corrected chi connectivity index (χ2v) is 15.2. The number of carbonyl (C=O) groups excluding carboxylic acids is 5. The summed E-state index contributed by atoms with van der Waals surface area (Å²) in [5.41, 5.74) is -0.986. The fourth-order valence-electron chi connectivity index (χ4n) is 4.59. The molecule has 49 heavy (non-hydrogen) atoms. The van der Waals surface area contributed by atoms with E-state index in [-0.39, 0.29) is 24.4 Å². The Balaban J connectivity index is 2.72. The van der Waals surface area contributed by atoms with E-state index in [1.165, 1.54) is 0 Å². The van der Waals surface area contributed by atoms with E-state index < -0.39 is 47.2 Å². The van der Waals surface area contributed by atoms with Crippen LogP contribution in [0.2, 0.25) is 0 Å². The maximum atomic E-state index is 13.2.